The Kier molecular flexibility index (Phi) is 3.33. The van der Waals surface area contributed by atoms with Crippen molar-refractivity contribution in [3.8, 4) is 0 Å². The number of hydrogen-bond acceptors (Lipinski definition) is 2. The van der Waals surface area contributed by atoms with Gasteiger partial charge in [-0.1, -0.05) is 12.8 Å². The van der Waals surface area contributed by atoms with Crippen molar-refractivity contribution in [2.24, 2.45) is 11.7 Å². The van der Waals surface area contributed by atoms with Gasteiger partial charge in [-0.2, -0.15) is 0 Å². The summed E-state index contributed by atoms with van der Waals surface area (Å²) in [5.74, 6) is -1.21. The predicted octanol–water partition coefficient (Wildman–Crippen LogP) is 0.455. The molecule has 1 saturated carbocycles. The number of rotatable bonds is 2. The third kappa shape index (κ3) is 2.16. The average molecular weight is 199 g/mol. The summed E-state index contributed by atoms with van der Waals surface area (Å²) < 4.78 is 0. The van der Waals surface area contributed by atoms with E-state index >= 15 is 0 Å². The number of guanidine groups is 1. The third-order valence-corrected chi connectivity index (χ3v) is 2.92. The van der Waals surface area contributed by atoms with Crippen molar-refractivity contribution >= 4 is 11.9 Å². The first-order valence-corrected chi connectivity index (χ1v) is 4.83. The summed E-state index contributed by atoms with van der Waals surface area (Å²) in [5, 5.41) is 16.3. The lowest BCUT2D eigenvalue weighted by molar-refractivity contribution is -0.144. The Morgan fingerprint density at radius 3 is 2.57 bits per heavy atom. The van der Waals surface area contributed by atoms with Gasteiger partial charge in [0.25, 0.3) is 0 Å². The molecule has 0 heterocycles. The van der Waals surface area contributed by atoms with Gasteiger partial charge in [-0.05, 0) is 12.8 Å². The Hall–Kier alpha value is -1.26. The Morgan fingerprint density at radius 2 is 2.07 bits per heavy atom. The maximum absolute atomic E-state index is 11.0. The second-order valence-corrected chi connectivity index (χ2v) is 3.79. The smallest absolute Gasteiger partial charge is 0.308 e. The van der Waals surface area contributed by atoms with Crippen LogP contribution in [0.25, 0.3) is 0 Å². The van der Waals surface area contributed by atoms with E-state index in [1.54, 1.807) is 11.9 Å². The number of carbonyl (C=O) groups is 1. The van der Waals surface area contributed by atoms with Gasteiger partial charge in [0.05, 0.1) is 5.92 Å². The first kappa shape index (κ1) is 10.8. The maximum Gasteiger partial charge on any atom is 0.308 e. The second kappa shape index (κ2) is 4.30. The summed E-state index contributed by atoms with van der Waals surface area (Å²) in [5.41, 5.74) is 5.35. The number of nitrogens with two attached hydrogens (primary N) is 1. The van der Waals surface area contributed by atoms with Crippen molar-refractivity contribution in [1.82, 2.24) is 4.90 Å². The topological polar surface area (TPSA) is 90.4 Å². The van der Waals surface area contributed by atoms with Crippen LogP contribution >= 0.6 is 0 Å². The van der Waals surface area contributed by atoms with Gasteiger partial charge in [0, 0.05) is 13.1 Å². The molecule has 0 radical (unpaired) electrons. The minimum absolute atomic E-state index is 0.0526. The van der Waals surface area contributed by atoms with Crippen LogP contribution in [-0.4, -0.2) is 35.0 Å². The fourth-order valence-corrected chi connectivity index (χ4v) is 2.04. The minimum Gasteiger partial charge on any atom is -0.481 e. The number of hydrogen-bond donors (Lipinski definition) is 3. The van der Waals surface area contributed by atoms with Crippen LogP contribution in [-0.2, 0) is 4.79 Å². The number of carboxylic acid groups (broad SMARTS) is 1. The standard InChI is InChI=1S/C9H17N3O2/c1-12(9(10)11)7-5-3-2-4-6(7)8(13)14/h6-7H,2-5H2,1H3,(H3,10,11)(H,13,14). The first-order chi connectivity index (χ1) is 6.54. The average Bonchev–Trinajstić information content (AvgIpc) is 2.16. The van der Waals surface area contributed by atoms with Crippen LogP contribution in [0.15, 0.2) is 0 Å². The van der Waals surface area contributed by atoms with Crippen LogP contribution in [0.2, 0.25) is 0 Å². The molecule has 0 aromatic rings. The Labute approximate surface area is 83.4 Å². The lowest BCUT2D eigenvalue weighted by Gasteiger charge is -2.35. The fourth-order valence-electron chi connectivity index (χ4n) is 2.04. The van der Waals surface area contributed by atoms with Crippen molar-refractivity contribution in [3.05, 3.63) is 0 Å². The van der Waals surface area contributed by atoms with Crippen molar-refractivity contribution in [2.45, 2.75) is 31.7 Å². The summed E-state index contributed by atoms with van der Waals surface area (Å²) in [4.78, 5) is 12.5. The van der Waals surface area contributed by atoms with Gasteiger partial charge < -0.3 is 15.7 Å². The molecule has 4 N–H and O–H groups in total. The predicted molar refractivity (Wildman–Crippen MR) is 53.1 cm³/mol. The molecule has 1 rings (SSSR count). The molecule has 2 atom stereocenters. The molecule has 0 saturated heterocycles. The lowest BCUT2D eigenvalue weighted by atomic mass is 9.84. The fraction of sp³-hybridized carbons (Fsp3) is 0.778. The highest BCUT2D eigenvalue weighted by molar-refractivity contribution is 5.77. The molecule has 0 bridgehead atoms. The van der Waals surface area contributed by atoms with Gasteiger partial charge in [-0.25, -0.2) is 0 Å². The molecule has 0 aromatic heterocycles. The van der Waals surface area contributed by atoms with E-state index in [9.17, 15) is 4.79 Å². The molecule has 5 nitrogen and oxygen atoms in total. The van der Waals surface area contributed by atoms with E-state index in [1.807, 2.05) is 0 Å². The summed E-state index contributed by atoms with van der Waals surface area (Å²) in [6.45, 7) is 0. The van der Waals surface area contributed by atoms with E-state index in [2.05, 4.69) is 0 Å². The number of aliphatic carboxylic acids is 1. The minimum atomic E-state index is -0.775. The zero-order valence-corrected chi connectivity index (χ0v) is 8.36. The highest BCUT2D eigenvalue weighted by atomic mass is 16.4. The van der Waals surface area contributed by atoms with Crippen molar-refractivity contribution in [2.75, 3.05) is 7.05 Å². The Balaban J connectivity index is 2.72. The molecular weight excluding hydrogens is 182 g/mol. The summed E-state index contributed by atoms with van der Waals surface area (Å²) in [7, 11) is 1.69. The van der Waals surface area contributed by atoms with E-state index in [-0.39, 0.29) is 17.9 Å². The summed E-state index contributed by atoms with van der Waals surface area (Å²) in [6, 6.07) is -0.112. The quantitative estimate of drug-likeness (QED) is 0.445. The molecule has 0 amide bonds. The molecule has 0 aromatic carbocycles. The molecule has 0 spiro atoms. The molecule has 80 valence electrons. The molecule has 1 fully saturated rings. The normalized spacial score (nSPS) is 26.9. The number of carboxylic acids is 1. The SMILES string of the molecule is CN(C(=N)N)C1CCCCC1C(=O)O. The second-order valence-electron chi connectivity index (χ2n) is 3.79. The molecule has 0 aliphatic heterocycles. The summed E-state index contributed by atoms with van der Waals surface area (Å²) >= 11 is 0. The molecule has 5 heteroatoms. The zero-order valence-electron chi connectivity index (χ0n) is 8.36. The van der Waals surface area contributed by atoms with Gasteiger partial charge in [0.1, 0.15) is 0 Å². The lowest BCUT2D eigenvalue weighted by Crippen LogP contribution is -2.48. The maximum atomic E-state index is 11.0. The summed E-state index contributed by atoms with van der Waals surface area (Å²) in [6.07, 6.45) is 3.48. The van der Waals surface area contributed by atoms with Crippen LogP contribution in [0.3, 0.4) is 0 Å². The van der Waals surface area contributed by atoms with E-state index in [1.165, 1.54) is 0 Å². The van der Waals surface area contributed by atoms with Gasteiger partial charge in [-0.15, -0.1) is 0 Å². The largest absolute Gasteiger partial charge is 0.481 e. The van der Waals surface area contributed by atoms with Gasteiger partial charge in [-0.3, -0.25) is 10.2 Å². The van der Waals surface area contributed by atoms with Crippen LogP contribution in [0.5, 0.6) is 0 Å². The van der Waals surface area contributed by atoms with E-state index in [0.717, 1.165) is 19.3 Å². The zero-order chi connectivity index (χ0) is 10.7. The van der Waals surface area contributed by atoms with Crippen molar-refractivity contribution in [3.63, 3.8) is 0 Å². The Bertz CT molecular complexity index is 242. The van der Waals surface area contributed by atoms with E-state index in [4.69, 9.17) is 16.2 Å². The van der Waals surface area contributed by atoms with Gasteiger partial charge >= 0.3 is 5.97 Å². The van der Waals surface area contributed by atoms with Crippen LogP contribution in [0, 0.1) is 11.3 Å². The van der Waals surface area contributed by atoms with Crippen LogP contribution in [0.1, 0.15) is 25.7 Å². The molecular formula is C9H17N3O2. The van der Waals surface area contributed by atoms with Crippen LogP contribution < -0.4 is 5.73 Å². The van der Waals surface area contributed by atoms with Crippen LogP contribution in [0.4, 0.5) is 0 Å². The Morgan fingerprint density at radius 1 is 1.50 bits per heavy atom. The van der Waals surface area contributed by atoms with Gasteiger partial charge in [0.2, 0.25) is 0 Å². The molecule has 1 aliphatic rings. The van der Waals surface area contributed by atoms with Crippen molar-refractivity contribution < 1.29 is 9.90 Å². The highest BCUT2D eigenvalue weighted by Gasteiger charge is 2.33. The van der Waals surface area contributed by atoms with E-state index in [0.29, 0.717) is 6.42 Å². The van der Waals surface area contributed by atoms with E-state index < -0.39 is 5.97 Å². The molecule has 1 aliphatic carbocycles. The first-order valence-electron chi connectivity index (χ1n) is 4.83. The third-order valence-electron chi connectivity index (χ3n) is 2.92. The molecule has 2 unspecified atom stereocenters. The monoisotopic (exact) mass is 199 g/mol. The van der Waals surface area contributed by atoms with Crippen molar-refractivity contribution in [1.29, 1.82) is 5.41 Å². The number of nitrogens with zero attached hydrogens (tertiary/aromatic N) is 1. The highest BCUT2D eigenvalue weighted by Crippen LogP contribution is 2.27. The molecule has 14 heavy (non-hydrogen) atoms. The van der Waals surface area contributed by atoms with Gasteiger partial charge in [0.15, 0.2) is 5.96 Å². The number of nitrogens with one attached hydrogen (secondary N) is 1.